The number of nitrogens with one attached hydrogen (secondary N) is 1. The van der Waals surface area contributed by atoms with E-state index in [1.165, 1.54) is 12.8 Å². The molecule has 6 heteroatoms. The third kappa shape index (κ3) is 5.29. The zero-order chi connectivity index (χ0) is 16.1. The van der Waals surface area contributed by atoms with E-state index in [2.05, 4.69) is 10.2 Å². The number of nitrogens with zero attached hydrogens (tertiary/aromatic N) is 1. The second kappa shape index (κ2) is 9.91. The quantitative estimate of drug-likeness (QED) is 0.822. The smallest absolute Gasteiger partial charge is 0.224 e. The largest absolute Gasteiger partial charge is 0.335 e. The van der Waals surface area contributed by atoms with Crippen LogP contribution in [0.25, 0.3) is 0 Å². The van der Waals surface area contributed by atoms with Crippen LogP contribution in [0.5, 0.6) is 0 Å². The molecule has 1 amide bonds. The van der Waals surface area contributed by atoms with Crippen molar-refractivity contribution >= 4 is 41.7 Å². The summed E-state index contributed by atoms with van der Waals surface area (Å²) in [6, 6.07) is 8.58. The minimum Gasteiger partial charge on any atom is -0.335 e. The van der Waals surface area contributed by atoms with Crippen molar-refractivity contribution in [1.82, 2.24) is 10.2 Å². The highest BCUT2D eigenvalue weighted by atomic mass is 35.5. The molecule has 1 N–H and O–H groups in total. The number of carbonyl (C=O) groups is 1. The Balaban J connectivity index is 0.00000208. The number of carbonyl (C=O) groups excluding carboxylic acids is 1. The van der Waals surface area contributed by atoms with Gasteiger partial charge >= 0.3 is 0 Å². The number of amides is 1. The molecular formula is C18H26Cl2N2OS. The summed E-state index contributed by atoms with van der Waals surface area (Å²) in [6.45, 7) is 1.65. The summed E-state index contributed by atoms with van der Waals surface area (Å²) < 4.78 is 0. The van der Waals surface area contributed by atoms with Crippen LogP contribution in [0.2, 0.25) is 5.02 Å². The summed E-state index contributed by atoms with van der Waals surface area (Å²) in [5.74, 6) is 2.46. The van der Waals surface area contributed by atoms with Gasteiger partial charge in [-0.25, -0.2) is 0 Å². The van der Waals surface area contributed by atoms with Crippen LogP contribution >= 0.6 is 35.8 Å². The van der Waals surface area contributed by atoms with E-state index in [9.17, 15) is 4.79 Å². The number of benzene rings is 1. The van der Waals surface area contributed by atoms with Crippen LogP contribution in [0.4, 0.5) is 0 Å². The lowest BCUT2D eigenvalue weighted by molar-refractivity contribution is -0.134. The van der Waals surface area contributed by atoms with Crippen molar-refractivity contribution in [3.05, 3.63) is 34.9 Å². The third-order valence-corrected chi connectivity index (χ3v) is 6.30. The molecule has 134 valence electrons. The van der Waals surface area contributed by atoms with Crippen LogP contribution in [0.1, 0.15) is 37.7 Å². The Labute approximate surface area is 160 Å². The molecule has 0 radical (unpaired) electrons. The molecule has 0 aromatic heterocycles. The average molecular weight is 389 g/mol. The van der Waals surface area contributed by atoms with Crippen molar-refractivity contribution in [2.24, 2.45) is 0 Å². The summed E-state index contributed by atoms with van der Waals surface area (Å²) in [5, 5.41) is 4.24. The molecule has 2 fully saturated rings. The zero-order valence-electron chi connectivity index (χ0n) is 13.9. The predicted molar refractivity (Wildman–Crippen MR) is 105 cm³/mol. The van der Waals surface area contributed by atoms with Crippen molar-refractivity contribution in [1.29, 1.82) is 0 Å². The van der Waals surface area contributed by atoms with E-state index in [0.717, 1.165) is 41.5 Å². The van der Waals surface area contributed by atoms with E-state index in [1.807, 2.05) is 36.0 Å². The van der Waals surface area contributed by atoms with Crippen LogP contribution in [-0.2, 0) is 11.3 Å². The SMILES string of the molecule is Cl.O=C(CC1CSCCN1)N(Cc1ccccc1Cl)C1CCCC1. The first kappa shape index (κ1) is 19.9. The molecule has 1 saturated heterocycles. The van der Waals surface area contributed by atoms with Gasteiger partial charge in [-0.05, 0) is 24.5 Å². The van der Waals surface area contributed by atoms with Crippen molar-refractivity contribution in [3.63, 3.8) is 0 Å². The van der Waals surface area contributed by atoms with Gasteiger partial charge in [0, 0.05) is 48.1 Å². The number of halogens is 2. The van der Waals surface area contributed by atoms with Crippen LogP contribution in [-0.4, -0.2) is 40.9 Å². The van der Waals surface area contributed by atoms with Crippen LogP contribution in [0, 0.1) is 0 Å². The molecule has 24 heavy (non-hydrogen) atoms. The number of hydrogen-bond donors (Lipinski definition) is 1. The molecule has 1 heterocycles. The Hall–Kier alpha value is -0.420. The van der Waals surface area contributed by atoms with Crippen molar-refractivity contribution in [2.75, 3.05) is 18.1 Å². The normalized spacial score (nSPS) is 21.3. The topological polar surface area (TPSA) is 32.3 Å². The first-order valence-electron chi connectivity index (χ1n) is 8.58. The third-order valence-electron chi connectivity index (χ3n) is 4.80. The Kier molecular flexibility index (Phi) is 8.21. The van der Waals surface area contributed by atoms with Gasteiger partial charge in [-0.2, -0.15) is 11.8 Å². The van der Waals surface area contributed by atoms with E-state index in [1.54, 1.807) is 0 Å². The van der Waals surface area contributed by atoms with Gasteiger partial charge in [0.15, 0.2) is 0 Å². The second-order valence-electron chi connectivity index (χ2n) is 6.48. The molecule has 1 saturated carbocycles. The van der Waals surface area contributed by atoms with E-state index in [0.29, 0.717) is 25.0 Å². The first-order chi connectivity index (χ1) is 11.2. The van der Waals surface area contributed by atoms with Gasteiger partial charge in [-0.15, -0.1) is 12.4 Å². The molecule has 0 spiro atoms. The van der Waals surface area contributed by atoms with Crippen molar-refractivity contribution < 1.29 is 4.79 Å². The minimum atomic E-state index is 0. The Bertz CT molecular complexity index is 532. The monoisotopic (exact) mass is 388 g/mol. The van der Waals surface area contributed by atoms with Crippen LogP contribution in [0.15, 0.2) is 24.3 Å². The zero-order valence-corrected chi connectivity index (χ0v) is 16.3. The molecule has 1 aliphatic carbocycles. The summed E-state index contributed by atoms with van der Waals surface area (Å²) in [7, 11) is 0. The fourth-order valence-electron chi connectivity index (χ4n) is 3.53. The van der Waals surface area contributed by atoms with Gasteiger partial charge < -0.3 is 10.2 Å². The first-order valence-corrected chi connectivity index (χ1v) is 10.1. The number of hydrogen-bond acceptors (Lipinski definition) is 3. The number of rotatable bonds is 5. The molecule has 1 unspecified atom stereocenters. The van der Waals surface area contributed by atoms with Crippen molar-refractivity contribution in [3.8, 4) is 0 Å². The maximum Gasteiger partial charge on any atom is 0.224 e. The van der Waals surface area contributed by atoms with Crippen molar-refractivity contribution in [2.45, 2.75) is 50.7 Å². The molecule has 1 aromatic carbocycles. The molecule has 0 bridgehead atoms. The maximum atomic E-state index is 12.9. The summed E-state index contributed by atoms with van der Waals surface area (Å²) >= 11 is 8.26. The van der Waals surface area contributed by atoms with Crippen LogP contribution in [0.3, 0.4) is 0 Å². The minimum absolute atomic E-state index is 0. The summed E-state index contributed by atoms with van der Waals surface area (Å²) in [6.07, 6.45) is 5.32. The Morgan fingerprint density at radius 3 is 2.71 bits per heavy atom. The lowest BCUT2D eigenvalue weighted by atomic mass is 10.1. The lowest BCUT2D eigenvalue weighted by Crippen LogP contribution is -2.45. The molecule has 3 rings (SSSR count). The fraction of sp³-hybridized carbons (Fsp3) is 0.611. The van der Waals surface area contributed by atoms with Gasteiger partial charge in [-0.3, -0.25) is 4.79 Å². The highest BCUT2D eigenvalue weighted by Gasteiger charge is 2.29. The van der Waals surface area contributed by atoms with Gasteiger partial charge in [0.2, 0.25) is 5.91 Å². The molecule has 3 nitrogen and oxygen atoms in total. The van der Waals surface area contributed by atoms with Crippen LogP contribution < -0.4 is 5.32 Å². The molecular weight excluding hydrogens is 363 g/mol. The highest BCUT2D eigenvalue weighted by molar-refractivity contribution is 7.99. The van der Waals surface area contributed by atoms with Gasteiger partial charge in [0.05, 0.1) is 0 Å². The van der Waals surface area contributed by atoms with E-state index in [-0.39, 0.29) is 18.3 Å². The van der Waals surface area contributed by atoms with Gasteiger partial charge in [-0.1, -0.05) is 42.6 Å². The molecule has 2 aliphatic rings. The standard InChI is InChI=1S/C18H25ClN2OS.ClH/c19-17-8-4-1-5-14(17)12-21(16-6-2-3-7-16)18(22)11-15-13-23-10-9-20-15;/h1,4-5,8,15-16,20H,2-3,6-7,9-13H2;1H. The summed E-state index contributed by atoms with van der Waals surface area (Å²) in [5.41, 5.74) is 1.06. The molecule has 1 atom stereocenters. The fourth-order valence-corrected chi connectivity index (χ4v) is 4.67. The van der Waals surface area contributed by atoms with E-state index in [4.69, 9.17) is 11.6 Å². The van der Waals surface area contributed by atoms with Gasteiger partial charge in [0.1, 0.15) is 0 Å². The van der Waals surface area contributed by atoms with E-state index < -0.39 is 0 Å². The average Bonchev–Trinajstić information content (AvgIpc) is 3.09. The summed E-state index contributed by atoms with van der Waals surface area (Å²) in [4.78, 5) is 15.0. The Morgan fingerprint density at radius 2 is 2.04 bits per heavy atom. The number of thioether (sulfide) groups is 1. The highest BCUT2D eigenvalue weighted by Crippen LogP contribution is 2.28. The van der Waals surface area contributed by atoms with Gasteiger partial charge in [0.25, 0.3) is 0 Å². The predicted octanol–water partition coefficient (Wildman–Crippen LogP) is 4.13. The lowest BCUT2D eigenvalue weighted by Gasteiger charge is -2.32. The molecule has 1 aliphatic heterocycles. The maximum absolute atomic E-state index is 12.9. The Morgan fingerprint density at radius 1 is 1.29 bits per heavy atom. The second-order valence-corrected chi connectivity index (χ2v) is 8.04. The van der Waals surface area contributed by atoms with E-state index >= 15 is 0 Å². The molecule has 1 aromatic rings.